The van der Waals surface area contributed by atoms with Crippen LogP contribution in [0.15, 0.2) is 71.1 Å². The molecular weight excluding hydrogens is 412 g/mol. The van der Waals surface area contributed by atoms with Crippen LogP contribution in [0.2, 0.25) is 0 Å². The molecule has 0 aliphatic heterocycles. The number of carbonyl (C=O) groups excluding carboxylic acids is 2. The molecule has 2 N–H and O–H groups in total. The maximum Gasteiger partial charge on any atom is 0.262 e. The number of hydrogen-bond acceptors (Lipinski definition) is 5. The number of nitrogens with one attached hydrogen (secondary N) is 2. The van der Waals surface area contributed by atoms with Crippen LogP contribution in [0.4, 0.5) is 5.69 Å². The standard InChI is InChI=1S/C23H22N4O3S/c1-2-12-27-22(30)18-8-3-4-9-19(18)26-23(27)31-14-20(28)24-17-7-5-6-15(13-17)21(29)25-16-10-11-16/h2-9,13,16H,1,10-12,14H2,(H,24,28)(H,25,29). The van der Waals surface area contributed by atoms with Gasteiger partial charge in [0.05, 0.1) is 16.7 Å². The van der Waals surface area contributed by atoms with Crippen LogP contribution in [-0.4, -0.2) is 33.2 Å². The Morgan fingerprint density at radius 2 is 2.00 bits per heavy atom. The number of hydrogen-bond donors (Lipinski definition) is 2. The minimum Gasteiger partial charge on any atom is -0.349 e. The Morgan fingerprint density at radius 1 is 1.19 bits per heavy atom. The van der Waals surface area contributed by atoms with Crippen LogP contribution >= 0.6 is 11.8 Å². The number of benzene rings is 2. The van der Waals surface area contributed by atoms with Gasteiger partial charge in [-0.2, -0.15) is 0 Å². The van der Waals surface area contributed by atoms with E-state index < -0.39 is 0 Å². The first kappa shape index (κ1) is 20.9. The van der Waals surface area contributed by atoms with Gasteiger partial charge in [-0.15, -0.1) is 6.58 Å². The molecule has 1 aromatic heterocycles. The maximum atomic E-state index is 12.8. The number of nitrogens with zero attached hydrogens (tertiary/aromatic N) is 2. The first-order valence-corrected chi connectivity index (χ1v) is 11.0. The molecule has 4 rings (SSSR count). The molecule has 2 amide bonds. The molecule has 3 aromatic rings. The number of carbonyl (C=O) groups is 2. The second-order valence-electron chi connectivity index (χ2n) is 7.28. The zero-order chi connectivity index (χ0) is 21.8. The van der Waals surface area contributed by atoms with Crippen molar-refractivity contribution >= 4 is 40.2 Å². The van der Waals surface area contributed by atoms with Gasteiger partial charge in [-0.3, -0.25) is 19.0 Å². The zero-order valence-corrected chi connectivity index (χ0v) is 17.7. The topological polar surface area (TPSA) is 93.1 Å². The molecule has 0 unspecified atom stereocenters. The Hall–Kier alpha value is -3.39. The number of para-hydroxylation sites is 1. The number of rotatable bonds is 8. The lowest BCUT2D eigenvalue weighted by molar-refractivity contribution is -0.113. The Morgan fingerprint density at radius 3 is 2.77 bits per heavy atom. The highest BCUT2D eigenvalue weighted by Gasteiger charge is 2.23. The van der Waals surface area contributed by atoms with Gasteiger partial charge in [0, 0.05) is 23.8 Å². The molecule has 31 heavy (non-hydrogen) atoms. The van der Waals surface area contributed by atoms with Crippen LogP contribution < -0.4 is 16.2 Å². The second-order valence-corrected chi connectivity index (χ2v) is 8.22. The molecule has 158 valence electrons. The number of allylic oxidation sites excluding steroid dienone is 1. The number of fused-ring (bicyclic) bond motifs is 1. The summed E-state index contributed by atoms with van der Waals surface area (Å²) in [5.74, 6) is -0.320. The van der Waals surface area contributed by atoms with Gasteiger partial charge in [-0.05, 0) is 43.2 Å². The maximum absolute atomic E-state index is 12.8. The summed E-state index contributed by atoms with van der Waals surface area (Å²) in [6.45, 7) is 4.01. The van der Waals surface area contributed by atoms with Gasteiger partial charge in [-0.25, -0.2) is 4.98 Å². The van der Waals surface area contributed by atoms with Gasteiger partial charge in [-0.1, -0.05) is 36.0 Å². The summed E-state index contributed by atoms with van der Waals surface area (Å²) in [6, 6.07) is 14.2. The van der Waals surface area contributed by atoms with Crippen LogP contribution in [0.5, 0.6) is 0 Å². The second kappa shape index (κ2) is 9.18. The fraction of sp³-hybridized carbons (Fsp3) is 0.217. The molecule has 1 fully saturated rings. The van der Waals surface area contributed by atoms with Crippen molar-refractivity contribution in [3.05, 3.63) is 77.1 Å². The Balaban J connectivity index is 1.46. The van der Waals surface area contributed by atoms with Gasteiger partial charge >= 0.3 is 0 Å². The van der Waals surface area contributed by atoms with Gasteiger partial charge in [0.15, 0.2) is 5.16 Å². The SMILES string of the molecule is C=CCn1c(SCC(=O)Nc2cccc(C(=O)NC3CC3)c2)nc2ccccc2c1=O. The summed E-state index contributed by atoms with van der Waals surface area (Å²) >= 11 is 1.18. The fourth-order valence-electron chi connectivity index (χ4n) is 3.11. The highest BCUT2D eigenvalue weighted by molar-refractivity contribution is 7.99. The molecule has 1 saturated carbocycles. The van der Waals surface area contributed by atoms with Crippen molar-refractivity contribution in [1.29, 1.82) is 0 Å². The van der Waals surface area contributed by atoms with Gasteiger partial charge < -0.3 is 10.6 Å². The Labute approximate surface area is 183 Å². The van der Waals surface area contributed by atoms with E-state index in [4.69, 9.17) is 0 Å². The van der Waals surface area contributed by atoms with Crippen LogP contribution in [-0.2, 0) is 11.3 Å². The van der Waals surface area contributed by atoms with Crippen molar-refractivity contribution in [1.82, 2.24) is 14.9 Å². The molecule has 8 heteroatoms. The van der Waals surface area contributed by atoms with E-state index in [9.17, 15) is 14.4 Å². The molecule has 2 aromatic carbocycles. The summed E-state index contributed by atoms with van der Waals surface area (Å²) in [7, 11) is 0. The average Bonchev–Trinajstić information content (AvgIpc) is 3.59. The third-order valence-corrected chi connectivity index (χ3v) is 5.77. The Kier molecular flexibility index (Phi) is 6.18. The van der Waals surface area contributed by atoms with E-state index in [1.807, 2.05) is 6.07 Å². The van der Waals surface area contributed by atoms with Crippen molar-refractivity contribution in [2.45, 2.75) is 30.6 Å². The molecule has 0 saturated heterocycles. The lowest BCUT2D eigenvalue weighted by atomic mass is 10.2. The predicted octanol–water partition coefficient (Wildman–Crippen LogP) is 3.21. The molecule has 1 aliphatic rings. The van der Waals surface area contributed by atoms with Crippen LogP contribution in [0, 0.1) is 0 Å². The van der Waals surface area contributed by atoms with Gasteiger partial charge in [0.1, 0.15) is 0 Å². The quantitative estimate of drug-likeness (QED) is 0.323. The van der Waals surface area contributed by atoms with Crippen molar-refractivity contribution < 1.29 is 9.59 Å². The van der Waals surface area contributed by atoms with Crippen LogP contribution in [0.1, 0.15) is 23.2 Å². The summed E-state index contributed by atoms with van der Waals surface area (Å²) in [5, 5.41) is 6.72. The minimum atomic E-state index is -0.252. The summed E-state index contributed by atoms with van der Waals surface area (Å²) in [5.41, 5.74) is 1.48. The zero-order valence-electron chi connectivity index (χ0n) is 16.8. The van der Waals surface area contributed by atoms with Crippen LogP contribution in [0.3, 0.4) is 0 Å². The predicted molar refractivity (Wildman–Crippen MR) is 122 cm³/mol. The number of amides is 2. The van der Waals surface area contributed by atoms with Gasteiger partial charge in [0.25, 0.3) is 11.5 Å². The van der Waals surface area contributed by atoms with Crippen molar-refractivity contribution in [3.8, 4) is 0 Å². The normalized spacial score (nSPS) is 13.0. The van der Waals surface area contributed by atoms with E-state index in [1.165, 1.54) is 16.3 Å². The number of anilines is 1. The number of thioether (sulfide) groups is 1. The molecular formula is C23H22N4O3S. The summed E-state index contributed by atoms with van der Waals surface area (Å²) in [4.78, 5) is 42.0. The van der Waals surface area contributed by atoms with E-state index in [2.05, 4.69) is 22.2 Å². The lowest BCUT2D eigenvalue weighted by Crippen LogP contribution is -2.25. The monoisotopic (exact) mass is 434 g/mol. The van der Waals surface area contributed by atoms with E-state index in [0.29, 0.717) is 33.9 Å². The molecule has 1 heterocycles. The fourth-order valence-corrected chi connectivity index (χ4v) is 3.92. The molecule has 0 atom stereocenters. The average molecular weight is 435 g/mol. The van der Waals surface area contributed by atoms with Gasteiger partial charge in [0.2, 0.25) is 5.91 Å². The van der Waals surface area contributed by atoms with E-state index in [-0.39, 0.29) is 29.2 Å². The molecule has 1 aliphatic carbocycles. The summed E-state index contributed by atoms with van der Waals surface area (Å²) in [6.07, 6.45) is 3.65. The molecule has 0 radical (unpaired) electrons. The molecule has 7 nitrogen and oxygen atoms in total. The third kappa shape index (κ3) is 5.03. The van der Waals surface area contributed by atoms with Crippen molar-refractivity contribution in [3.63, 3.8) is 0 Å². The summed E-state index contributed by atoms with van der Waals surface area (Å²) < 4.78 is 1.51. The lowest BCUT2D eigenvalue weighted by Gasteiger charge is -2.12. The first-order valence-electron chi connectivity index (χ1n) is 9.99. The smallest absolute Gasteiger partial charge is 0.262 e. The Bertz CT molecular complexity index is 1220. The molecule has 0 spiro atoms. The number of aromatic nitrogens is 2. The van der Waals surface area contributed by atoms with E-state index >= 15 is 0 Å². The highest BCUT2D eigenvalue weighted by Crippen LogP contribution is 2.21. The third-order valence-electron chi connectivity index (χ3n) is 4.79. The highest BCUT2D eigenvalue weighted by atomic mass is 32.2. The first-order chi connectivity index (χ1) is 15.0. The van der Waals surface area contributed by atoms with Crippen LogP contribution in [0.25, 0.3) is 10.9 Å². The van der Waals surface area contributed by atoms with E-state index in [1.54, 1.807) is 48.5 Å². The van der Waals surface area contributed by atoms with Crippen molar-refractivity contribution in [2.75, 3.05) is 11.1 Å². The largest absolute Gasteiger partial charge is 0.349 e. The minimum absolute atomic E-state index is 0.0699. The van der Waals surface area contributed by atoms with E-state index in [0.717, 1.165) is 12.8 Å². The molecule has 0 bridgehead atoms. The van der Waals surface area contributed by atoms with Crippen molar-refractivity contribution in [2.24, 2.45) is 0 Å².